The van der Waals surface area contributed by atoms with E-state index in [4.69, 9.17) is 11.5 Å². The monoisotopic (exact) mass is 322 g/mol. The molecule has 1 aliphatic carbocycles. The first kappa shape index (κ1) is 16.5. The van der Waals surface area contributed by atoms with Crippen molar-refractivity contribution >= 4 is 11.6 Å². The van der Waals surface area contributed by atoms with Gasteiger partial charge in [-0.2, -0.15) is 13.2 Å². The van der Waals surface area contributed by atoms with E-state index >= 15 is 0 Å². The summed E-state index contributed by atoms with van der Waals surface area (Å²) in [6.45, 7) is 0. The summed E-state index contributed by atoms with van der Waals surface area (Å²) in [4.78, 5) is 24.2. The Bertz CT molecular complexity index is 759. The number of rotatable bonds is 3. The Morgan fingerprint density at radius 3 is 2.26 bits per heavy atom. The maximum Gasteiger partial charge on any atom is 0.430 e. The minimum Gasteiger partial charge on any atom is -0.402 e. The molecule has 0 bridgehead atoms. The lowest BCUT2D eigenvalue weighted by molar-refractivity contribution is -0.0926. The van der Waals surface area contributed by atoms with E-state index < -0.39 is 11.9 Å². The summed E-state index contributed by atoms with van der Waals surface area (Å²) in [6, 6.07) is 6.32. The first-order valence-electron chi connectivity index (χ1n) is 6.58. The Balaban J connectivity index is 2.22. The highest BCUT2D eigenvalue weighted by atomic mass is 19.4. The zero-order valence-corrected chi connectivity index (χ0v) is 11.9. The molecule has 0 aliphatic heterocycles. The third-order valence-electron chi connectivity index (χ3n) is 3.23. The van der Waals surface area contributed by atoms with Crippen LogP contribution in [0.3, 0.4) is 0 Å². The van der Waals surface area contributed by atoms with Crippen LogP contribution in [0.2, 0.25) is 0 Å². The molecular weight excluding hydrogens is 309 g/mol. The Hall–Kier alpha value is -2.83. The summed E-state index contributed by atoms with van der Waals surface area (Å²) in [5.74, 6) is -0.710. The fourth-order valence-electron chi connectivity index (χ4n) is 2.07. The van der Waals surface area contributed by atoms with E-state index in [1.807, 2.05) is 0 Å². The molecule has 0 atom stereocenters. The van der Waals surface area contributed by atoms with Gasteiger partial charge in [-0.05, 0) is 18.2 Å². The van der Waals surface area contributed by atoms with Crippen LogP contribution in [0.15, 0.2) is 59.5 Å². The van der Waals surface area contributed by atoms with Gasteiger partial charge in [-0.3, -0.25) is 9.59 Å². The van der Waals surface area contributed by atoms with Gasteiger partial charge in [0.1, 0.15) is 5.70 Å². The Kier molecular flexibility index (Phi) is 4.40. The number of Topliss-reactive ketones (excluding diaryl/α,β-unsaturated/α-hetero) is 1. The molecule has 2 rings (SSSR count). The Morgan fingerprint density at radius 2 is 1.65 bits per heavy atom. The maximum atomic E-state index is 12.3. The molecule has 1 aromatic rings. The number of fused-ring (bicyclic) bond motifs is 1. The number of hydrogen-bond acceptors (Lipinski definition) is 4. The van der Waals surface area contributed by atoms with Gasteiger partial charge in [0.05, 0.1) is 0 Å². The van der Waals surface area contributed by atoms with Crippen LogP contribution < -0.4 is 11.5 Å². The third kappa shape index (κ3) is 3.68. The summed E-state index contributed by atoms with van der Waals surface area (Å²) in [5.41, 5.74) is 9.83. The van der Waals surface area contributed by atoms with E-state index in [0.29, 0.717) is 11.6 Å². The lowest BCUT2D eigenvalue weighted by Gasteiger charge is -2.14. The summed E-state index contributed by atoms with van der Waals surface area (Å²) < 4.78 is 36.8. The molecule has 0 aromatic heterocycles. The number of carbonyl (C=O) groups excluding carboxylic acids is 2. The number of hydrogen-bond donors (Lipinski definition) is 2. The highest BCUT2D eigenvalue weighted by Crippen LogP contribution is 2.25. The second-order valence-electron chi connectivity index (χ2n) is 4.95. The smallest absolute Gasteiger partial charge is 0.402 e. The van der Waals surface area contributed by atoms with Crippen LogP contribution in [0.5, 0.6) is 0 Å². The number of nitrogens with two attached hydrogens (primary N) is 2. The summed E-state index contributed by atoms with van der Waals surface area (Å²) in [7, 11) is 0. The molecule has 0 amide bonds. The van der Waals surface area contributed by atoms with Gasteiger partial charge in [-0.25, -0.2) is 0 Å². The summed E-state index contributed by atoms with van der Waals surface area (Å²) in [5, 5.41) is 0. The van der Waals surface area contributed by atoms with Gasteiger partial charge in [0.25, 0.3) is 0 Å². The zero-order valence-electron chi connectivity index (χ0n) is 11.9. The third-order valence-corrected chi connectivity index (χ3v) is 3.23. The quantitative estimate of drug-likeness (QED) is 0.838. The van der Waals surface area contributed by atoms with Crippen LogP contribution in [-0.4, -0.2) is 17.7 Å². The molecule has 0 saturated heterocycles. The van der Waals surface area contributed by atoms with Crippen LogP contribution >= 0.6 is 0 Å². The Morgan fingerprint density at radius 1 is 1.04 bits per heavy atom. The minimum absolute atomic E-state index is 0.0102. The normalized spacial score (nSPS) is 16.2. The standard InChI is InChI=1S/C16H13F3N2O2/c17-16(18,19)14(21)6-5-10(20)7-9-8-13(22)11-3-1-2-4-12(11)15(9)23/h1-6,8H,7,20-21H2/b10-5-,14-6-. The van der Waals surface area contributed by atoms with Crippen molar-refractivity contribution in [3.63, 3.8) is 0 Å². The topological polar surface area (TPSA) is 86.2 Å². The van der Waals surface area contributed by atoms with Gasteiger partial charge in [0.2, 0.25) is 0 Å². The van der Waals surface area contributed by atoms with E-state index in [2.05, 4.69) is 0 Å². The molecule has 0 spiro atoms. The molecule has 7 heteroatoms. The molecule has 0 heterocycles. The molecule has 4 N–H and O–H groups in total. The molecule has 0 unspecified atom stereocenters. The molecular formula is C16H13F3N2O2. The van der Waals surface area contributed by atoms with Gasteiger partial charge < -0.3 is 11.5 Å². The van der Waals surface area contributed by atoms with E-state index in [-0.39, 0.29) is 34.8 Å². The predicted molar refractivity (Wildman–Crippen MR) is 78.4 cm³/mol. The first-order chi connectivity index (χ1) is 10.7. The summed E-state index contributed by atoms with van der Waals surface area (Å²) >= 11 is 0. The molecule has 0 saturated carbocycles. The van der Waals surface area contributed by atoms with E-state index in [0.717, 1.165) is 12.2 Å². The fourth-order valence-corrected chi connectivity index (χ4v) is 2.07. The van der Waals surface area contributed by atoms with Gasteiger partial charge in [0.15, 0.2) is 11.6 Å². The van der Waals surface area contributed by atoms with Crippen LogP contribution in [0.1, 0.15) is 27.1 Å². The van der Waals surface area contributed by atoms with Crippen LogP contribution in [0.25, 0.3) is 0 Å². The summed E-state index contributed by atoms with van der Waals surface area (Å²) in [6.07, 6.45) is -2.03. The number of alkyl halides is 3. The number of ketones is 2. The van der Waals surface area contributed by atoms with Crippen LogP contribution in [0.4, 0.5) is 13.2 Å². The number of halogens is 3. The fraction of sp³-hybridized carbons (Fsp3) is 0.125. The van der Waals surface area contributed by atoms with Crippen molar-refractivity contribution in [3.8, 4) is 0 Å². The highest BCUT2D eigenvalue weighted by molar-refractivity contribution is 6.24. The van der Waals surface area contributed by atoms with Gasteiger partial charge in [-0.1, -0.05) is 24.3 Å². The van der Waals surface area contributed by atoms with Crippen molar-refractivity contribution in [1.29, 1.82) is 0 Å². The number of benzene rings is 1. The molecule has 4 nitrogen and oxygen atoms in total. The van der Waals surface area contributed by atoms with Gasteiger partial charge in [0, 0.05) is 28.8 Å². The number of carbonyl (C=O) groups is 2. The zero-order chi connectivity index (χ0) is 17.2. The molecule has 120 valence electrons. The Labute approximate surface area is 130 Å². The van der Waals surface area contributed by atoms with E-state index in [9.17, 15) is 22.8 Å². The van der Waals surface area contributed by atoms with Crippen molar-refractivity contribution in [2.24, 2.45) is 11.5 Å². The van der Waals surface area contributed by atoms with Crippen molar-refractivity contribution in [3.05, 3.63) is 70.6 Å². The largest absolute Gasteiger partial charge is 0.430 e. The molecule has 0 radical (unpaired) electrons. The minimum atomic E-state index is -4.65. The second-order valence-corrected chi connectivity index (χ2v) is 4.95. The average molecular weight is 322 g/mol. The molecule has 0 fully saturated rings. The van der Waals surface area contributed by atoms with Crippen LogP contribution in [-0.2, 0) is 0 Å². The van der Waals surface area contributed by atoms with Crippen molar-refractivity contribution in [1.82, 2.24) is 0 Å². The lowest BCUT2D eigenvalue weighted by Crippen LogP contribution is -2.19. The van der Waals surface area contributed by atoms with Crippen molar-refractivity contribution in [2.75, 3.05) is 0 Å². The molecule has 1 aromatic carbocycles. The van der Waals surface area contributed by atoms with Gasteiger partial charge >= 0.3 is 6.18 Å². The van der Waals surface area contributed by atoms with E-state index in [1.165, 1.54) is 12.1 Å². The SMILES string of the molecule is N/C(=C\C=C(/N)C(F)(F)F)CC1=CC(=O)c2ccccc2C1=O. The molecule has 1 aliphatic rings. The average Bonchev–Trinajstić information content (AvgIpc) is 2.49. The second kappa shape index (κ2) is 6.12. The van der Waals surface area contributed by atoms with Crippen molar-refractivity contribution < 1.29 is 22.8 Å². The first-order valence-corrected chi connectivity index (χ1v) is 6.58. The van der Waals surface area contributed by atoms with Gasteiger partial charge in [-0.15, -0.1) is 0 Å². The van der Waals surface area contributed by atoms with Crippen LogP contribution in [0, 0.1) is 0 Å². The predicted octanol–water partition coefficient (Wildman–Crippen LogP) is 2.63. The van der Waals surface area contributed by atoms with E-state index in [1.54, 1.807) is 12.1 Å². The highest BCUT2D eigenvalue weighted by Gasteiger charge is 2.31. The molecule has 23 heavy (non-hydrogen) atoms. The maximum absolute atomic E-state index is 12.3. The number of allylic oxidation sites excluding steroid dienone is 5. The van der Waals surface area contributed by atoms with Crippen molar-refractivity contribution in [2.45, 2.75) is 12.6 Å². The lowest BCUT2D eigenvalue weighted by atomic mass is 9.87.